The zero-order valence-electron chi connectivity index (χ0n) is 11.6. The van der Waals surface area contributed by atoms with Crippen LogP contribution in [0.4, 0.5) is 5.69 Å². The molecular formula is C16H16Cl2N2O. The van der Waals surface area contributed by atoms with Crippen LogP contribution in [0.3, 0.4) is 0 Å². The third-order valence-corrected chi connectivity index (χ3v) is 3.86. The third-order valence-electron chi connectivity index (χ3n) is 3.00. The molecule has 0 radical (unpaired) electrons. The summed E-state index contributed by atoms with van der Waals surface area (Å²) < 4.78 is 0. The minimum atomic E-state index is -0.0677. The van der Waals surface area contributed by atoms with Gasteiger partial charge >= 0.3 is 0 Å². The lowest BCUT2D eigenvalue weighted by Crippen LogP contribution is -2.22. The summed E-state index contributed by atoms with van der Waals surface area (Å²) >= 11 is 12.1. The second-order valence-corrected chi connectivity index (χ2v) is 5.29. The average molecular weight is 323 g/mol. The van der Waals surface area contributed by atoms with Crippen molar-refractivity contribution in [3.8, 4) is 0 Å². The molecule has 2 aromatic rings. The van der Waals surface area contributed by atoms with Crippen LogP contribution >= 0.6 is 23.2 Å². The van der Waals surface area contributed by atoms with E-state index in [9.17, 15) is 4.79 Å². The van der Waals surface area contributed by atoms with Crippen molar-refractivity contribution in [2.24, 2.45) is 0 Å². The molecule has 5 heteroatoms. The first-order chi connectivity index (χ1) is 10.1. The van der Waals surface area contributed by atoms with Gasteiger partial charge in [-0.3, -0.25) is 4.79 Å². The number of carbonyl (C=O) groups is 1. The highest BCUT2D eigenvalue weighted by Crippen LogP contribution is 2.26. The summed E-state index contributed by atoms with van der Waals surface area (Å²) in [5.41, 5.74) is 2.49. The van der Waals surface area contributed by atoms with Crippen LogP contribution in [0.15, 0.2) is 42.5 Å². The fraction of sp³-hybridized carbons (Fsp3) is 0.188. The monoisotopic (exact) mass is 322 g/mol. The molecule has 21 heavy (non-hydrogen) atoms. The smallest absolute Gasteiger partial charge is 0.251 e. The Labute approximate surface area is 134 Å². The van der Waals surface area contributed by atoms with Gasteiger partial charge in [0.1, 0.15) is 0 Å². The van der Waals surface area contributed by atoms with Crippen LogP contribution in [0, 0.1) is 0 Å². The standard InChI is InChI=1S/C16H16Cl2N2O/c1-2-19-16(21)11-6-8-13(9-7-11)20-10-12-4-3-5-14(17)15(12)18/h3-9,20H,2,10H2,1H3,(H,19,21). The van der Waals surface area contributed by atoms with E-state index in [1.165, 1.54) is 0 Å². The van der Waals surface area contributed by atoms with Crippen molar-refractivity contribution < 1.29 is 4.79 Å². The van der Waals surface area contributed by atoms with E-state index in [2.05, 4.69) is 10.6 Å². The van der Waals surface area contributed by atoms with Gasteiger partial charge in [0.05, 0.1) is 10.0 Å². The highest BCUT2D eigenvalue weighted by atomic mass is 35.5. The molecule has 2 aromatic carbocycles. The summed E-state index contributed by atoms with van der Waals surface area (Å²) in [6.07, 6.45) is 0. The van der Waals surface area contributed by atoms with Crippen molar-refractivity contribution in [2.75, 3.05) is 11.9 Å². The van der Waals surface area contributed by atoms with E-state index in [0.29, 0.717) is 28.7 Å². The SMILES string of the molecule is CCNC(=O)c1ccc(NCc2cccc(Cl)c2Cl)cc1. The number of rotatable bonds is 5. The Morgan fingerprint density at radius 2 is 1.81 bits per heavy atom. The van der Waals surface area contributed by atoms with Crippen molar-refractivity contribution in [3.63, 3.8) is 0 Å². The van der Waals surface area contributed by atoms with E-state index in [1.54, 1.807) is 18.2 Å². The molecule has 0 aliphatic rings. The molecule has 2 rings (SSSR count). The van der Waals surface area contributed by atoms with Crippen molar-refractivity contribution in [1.29, 1.82) is 0 Å². The van der Waals surface area contributed by atoms with E-state index in [0.717, 1.165) is 11.3 Å². The van der Waals surface area contributed by atoms with Gasteiger partial charge in [-0.1, -0.05) is 35.3 Å². The number of hydrogen-bond donors (Lipinski definition) is 2. The lowest BCUT2D eigenvalue weighted by Gasteiger charge is -2.09. The highest BCUT2D eigenvalue weighted by molar-refractivity contribution is 6.42. The molecule has 0 aliphatic carbocycles. The Morgan fingerprint density at radius 1 is 1.10 bits per heavy atom. The molecule has 0 atom stereocenters. The Kier molecular flexibility index (Phi) is 5.48. The topological polar surface area (TPSA) is 41.1 Å². The number of halogens is 2. The summed E-state index contributed by atoms with van der Waals surface area (Å²) in [4.78, 5) is 11.7. The van der Waals surface area contributed by atoms with Gasteiger partial charge in [-0.15, -0.1) is 0 Å². The van der Waals surface area contributed by atoms with Crippen LogP contribution in [0.5, 0.6) is 0 Å². The molecule has 0 spiro atoms. The number of carbonyl (C=O) groups excluding carboxylic acids is 1. The summed E-state index contributed by atoms with van der Waals surface area (Å²) in [5.74, 6) is -0.0677. The Hall–Kier alpha value is -1.71. The van der Waals surface area contributed by atoms with Gasteiger partial charge in [0.2, 0.25) is 0 Å². The molecule has 0 saturated heterocycles. The van der Waals surface area contributed by atoms with E-state index >= 15 is 0 Å². The van der Waals surface area contributed by atoms with Crippen LogP contribution in [-0.2, 0) is 6.54 Å². The van der Waals surface area contributed by atoms with Crippen molar-refractivity contribution in [1.82, 2.24) is 5.32 Å². The molecule has 3 nitrogen and oxygen atoms in total. The second-order valence-electron chi connectivity index (χ2n) is 4.50. The Morgan fingerprint density at radius 3 is 2.48 bits per heavy atom. The quantitative estimate of drug-likeness (QED) is 0.858. The van der Waals surface area contributed by atoms with Crippen LogP contribution in [0.25, 0.3) is 0 Å². The van der Waals surface area contributed by atoms with E-state index in [-0.39, 0.29) is 5.91 Å². The second kappa shape index (κ2) is 7.34. The van der Waals surface area contributed by atoms with Gasteiger partial charge in [-0.25, -0.2) is 0 Å². The fourth-order valence-electron chi connectivity index (χ4n) is 1.88. The number of benzene rings is 2. The molecule has 0 aliphatic heterocycles. The van der Waals surface area contributed by atoms with Crippen LogP contribution in [-0.4, -0.2) is 12.5 Å². The predicted octanol–water partition coefficient (Wildman–Crippen LogP) is 4.36. The van der Waals surface area contributed by atoms with Crippen LogP contribution in [0.1, 0.15) is 22.8 Å². The van der Waals surface area contributed by atoms with Crippen LogP contribution < -0.4 is 10.6 Å². The highest BCUT2D eigenvalue weighted by Gasteiger charge is 2.05. The first kappa shape index (κ1) is 15.7. The predicted molar refractivity (Wildman–Crippen MR) is 88.2 cm³/mol. The van der Waals surface area contributed by atoms with Gasteiger partial charge in [0, 0.05) is 24.3 Å². The molecule has 0 heterocycles. The largest absolute Gasteiger partial charge is 0.381 e. The number of nitrogens with one attached hydrogen (secondary N) is 2. The maximum absolute atomic E-state index is 11.7. The van der Waals surface area contributed by atoms with Gasteiger partial charge in [-0.2, -0.15) is 0 Å². The Bertz CT molecular complexity index is 627. The van der Waals surface area contributed by atoms with Crippen LogP contribution in [0.2, 0.25) is 10.0 Å². The molecule has 0 unspecified atom stereocenters. The molecule has 110 valence electrons. The first-order valence-electron chi connectivity index (χ1n) is 6.67. The summed E-state index contributed by atoms with van der Waals surface area (Å²) in [5, 5.41) is 7.12. The Balaban J connectivity index is 2.01. The molecule has 0 aromatic heterocycles. The average Bonchev–Trinajstić information content (AvgIpc) is 2.49. The number of hydrogen-bond acceptors (Lipinski definition) is 2. The van der Waals surface area contributed by atoms with Gasteiger partial charge < -0.3 is 10.6 Å². The maximum Gasteiger partial charge on any atom is 0.251 e. The molecule has 0 fully saturated rings. The summed E-state index contributed by atoms with van der Waals surface area (Å²) in [7, 11) is 0. The molecule has 0 saturated carbocycles. The maximum atomic E-state index is 11.7. The third kappa shape index (κ3) is 4.13. The van der Waals surface area contributed by atoms with E-state index in [1.807, 2.05) is 31.2 Å². The molecule has 2 N–H and O–H groups in total. The zero-order chi connectivity index (χ0) is 15.2. The van der Waals surface area contributed by atoms with E-state index in [4.69, 9.17) is 23.2 Å². The molecule has 0 bridgehead atoms. The fourth-order valence-corrected chi connectivity index (χ4v) is 2.27. The zero-order valence-corrected chi connectivity index (χ0v) is 13.1. The molecule has 1 amide bonds. The van der Waals surface area contributed by atoms with Gasteiger partial charge in [0.15, 0.2) is 0 Å². The van der Waals surface area contributed by atoms with Gasteiger partial charge in [0.25, 0.3) is 5.91 Å². The number of amides is 1. The lowest BCUT2D eigenvalue weighted by atomic mass is 10.1. The van der Waals surface area contributed by atoms with Crippen molar-refractivity contribution >= 4 is 34.8 Å². The normalized spacial score (nSPS) is 10.2. The van der Waals surface area contributed by atoms with Gasteiger partial charge in [-0.05, 0) is 42.8 Å². The number of anilines is 1. The minimum absolute atomic E-state index is 0.0677. The van der Waals surface area contributed by atoms with Crippen molar-refractivity contribution in [3.05, 3.63) is 63.6 Å². The first-order valence-corrected chi connectivity index (χ1v) is 7.42. The lowest BCUT2D eigenvalue weighted by molar-refractivity contribution is 0.0956. The van der Waals surface area contributed by atoms with E-state index < -0.39 is 0 Å². The molecular weight excluding hydrogens is 307 g/mol. The minimum Gasteiger partial charge on any atom is -0.381 e. The van der Waals surface area contributed by atoms with Crippen molar-refractivity contribution in [2.45, 2.75) is 13.5 Å². The summed E-state index contributed by atoms with van der Waals surface area (Å²) in [6, 6.07) is 12.8. The summed E-state index contributed by atoms with van der Waals surface area (Å²) in [6.45, 7) is 3.08.